The van der Waals surface area contributed by atoms with Crippen LogP contribution < -0.4 is 11.2 Å². The van der Waals surface area contributed by atoms with E-state index < -0.39 is 31.1 Å². The highest BCUT2D eigenvalue weighted by molar-refractivity contribution is 7.53. The summed E-state index contributed by atoms with van der Waals surface area (Å²) in [5, 5.41) is 0. The second kappa shape index (κ2) is 15.4. The third-order valence-electron chi connectivity index (χ3n) is 6.43. The van der Waals surface area contributed by atoms with Gasteiger partial charge < -0.3 is 18.5 Å². The summed E-state index contributed by atoms with van der Waals surface area (Å²) in [4.78, 5) is 25.9. The molecule has 0 aliphatic heterocycles. The van der Waals surface area contributed by atoms with Crippen LogP contribution in [0.5, 0.6) is 0 Å². The van der Waals surface area contributed by atoms with Crippen molar-refractivity contribution in [3.63, 3.8) is 0 Å². The average Bonchev–Trinajstić information content (AvgIpc) is 3.00. The predicted octanol–water partition coefficient (Wildman–Crippen LogP) is 5.50. The Morgan fingerprint density at radius 1 is 0.732 bits per heavy atom. The van der Waals surface area contributed by atoms with Gasteiger partial charge in [-0.3, -0.25) is 18.9 Å². The first kappa shape index (κ1) is 30.4. The van der Waals surface area contributed by atoms with E-state index in [-0.39, 0.29) is 32.5 Å². The molecular weight excluding hydrogens is 543 g/mol. The molecule has 0 bridgehead atoms. The van der Waals surface area contributed by atoms with Crippen molar-refractivity contribution in [2.45, 2.75) is 52.1 Å². The number of nitrogens with one attached hydrogen (secondary N) is 1. The van der Waals surface area contributed by atoms with Gasteiger partial charge in [0.05, 0.1) is 38.2 Å². The number of nitrogens with zero attached hydrogens (tertiary/aromatic N) is 1. The molecule has 0 aliphatic rings. The molecule has 1 N–H and O–H groups in total. The van der Waals surface area contributed by atoms with E-state index in [1.807, 2.05) is 97.9 Å². The summed E-state index contributed by atoms with van der Waals surface area (Å²) in [6, 6.07) is 29.9. The molecule has 0 saturated heterocycles. The van der Waals surface area contributed by atoms with E-state index in [0.717, 1.165) is 16.7 Å². The molecule has 216 valence electrons. The lowest BCUT2D eigenvalue weighted by Gasteiger charge is -2.27. The van der Waals surface area contributed by atoms with Crippen molar-refractivity contribution >= 4 is 7.60 Å². The van der Waals surface area contributed by atoms with Gasteiger partial charge in [0.1, 0.15) is 6.73 Å². The largest absolute Gasteiger partial charge is 0.371 e. The van der Waals surface area contributed by atoms with Crippen LogP contribution >= 0.6 is 7.60 Å². The zero-order valence-electron chi connectivity index (χ0n) is 23.0. The van der Waals surface area contributed by atoms with Crippen LogP contribution in [0.15, 0.2) is 113 Å². The van der Waals surface area contributed by atoms with Gasteiger partial charge in [-0.1, -0.05) is 91.0 Å². The zero-order chi connectivity index (χ0) is 28.9. The molecule has 0 fully saturated rings. The molecule has 3 aromatic carbocycles. The van der Waals surface area contributed by atoms with Crippen molar-refractivity contribution in [1.82, 2.24) is 9.55 Å². The van der Waals surface area contributed by atoms with Crippen molar-refractivity contribution < 1.29 is 23.1 Å². The van der Waals surface area contributed by atoms with E-state index in [2.05, 4.69) is 4.98 Å². The van der Waals surface area contributed by atoms with Gasteiger partial charge >= 0.3 is 13.3 Å². The third-order valence-corrected chi connectivity index (χ3v) is 8.28. The van der Waals surface area contributed by atoms with Gasteiger partial charge in [0, 0.05) is 12.3 Å². The van der Waals surface area contributed by atoms with Crippen LogP contribution in [-0.2, 0) is 49.6 Å². The minimum atomic E-state index is -3.58. The summed E-state index contributed by atoms with van der Waals surface area (Å²) in [5.41, 5.74) is 1.67. The fraction of sp³-hybridized carbons (Fsp3) is 0.290. The highest BCUT2D eigenvalue weighted by Crippen LogP contribution is 2.50. The fourth-order valence-corrected chi connectivity index (χ4v) is 5.63. The maximum absolute atomic E-state index is 14.0. The van der Waals surface area contributed by atoms with Crippen LogP contribution in [0.1, 0.15) is 30.0 Å². The number of H-pyrrole nitrogens is 1. The molecule has 10 heteroatoms. The normalized spacial score (nSPS) is 13.1. The number of benzene rings is 3. The monoisotopic (exact) mass is 578 g/mol. The number of aromatic nitrogens is 2. The fourth-order valence-electron chi connectivity index (χ4n) is 4.03. The SMILES string of the molecule is C[C@H](OCc1ccccc1)[C@@H](CCP(=O)(OCc1ccccc1)OCc1ccccc1)OCn1ccc(=O)[nH]c1=O. The molecule has 0 aliphatic carbocycles. The lowest BCUT2D eigenvalue weighted by molar-refractivity contribution is -0.0933. The van der Waals surface area contributed by atoms with E-state index in [1.54, 1.807) is 0 Å². The Balaban J connectivity index is 1.47. The van der Waals surface area contributed by atoms with E-state index in [0.29, 0.717) is 6.61 Å². The van der Waals surface area contributed by atoms with Gasteiger partial charge in [-0.15, -0.1) is 0 Å². The van der Waals surface area contributed by atoms with E-state index >= 15 is 0 Å². The number of ether oxygens (including phenoxy) is 2. The molecule has 9 nitrogen and oxygen atoms in total. The van der Waals surface area contributed by atoms with Crippen LogP contribution in [0.4, 0.5) is 0 Å². The summed E-state index contributed by atoms with van der Waals surface area (Å²) in [6.45, 7) is 2.35. The van der Waals surface area contributed by atoms with Crippen molar-refractivity contribution in [2.75, 3.05) is 6.16 Å². The molecule has 1 heterocycles. The van der Waals surface area contributed by atoms with E-state index in [9.17, 15) is 14.2 Å². The quantitative estimate of drug-likeness (QED) is 0.175. The van der Waals surface area contributed by atoms with Crippen molar-refractivity contribution in [2.24, 2.45) is 0 Å². The van der Waals surface area contributed by atoms with Crippen molar-refractivity contribution in [3.8, 4) is 0 Å². The molecule has 0 amide bonds. The van der Waals surface area contributed by atoms with Crippen LogP contribution in [-0.4, -0.2) is 27.9 Å². The maximum Gasteiger partial charge on any atom is 0.331 e. The number of hydrogen-bond donors (Lipinski definition) is 1. The Kier molecular flexibility index (Phi) is 11.4. The second-order valence-electron chi connectivity index (χ2n) is 9.56. The van der Waals surface area contributed by atoms with Gasteiger partial charge in [-0.2, -0.15) is 0 Å². The van der Waals surface area contributed by atoms with E-state index in [4.69, 9.17) is 18.5 Å². The third kappa shape index (κ3) is 10.1. The molecule has 41 heavy (non-hydrogen) atoms. The first-order chi connectivity index (χ1) is 19.9. The Morgan fingerprint density at radius 2 is 1.24 bits per heavy atom. The standard InChI is InChI=1S/C31H35N2O7P/c1-25(37-21-26-11-5-2-6-12-26)29(38-24-33-19-17-30(34)32-31(33)35)18-20-41(36,39-22-27-13-7-3-8-14-27)40-23-28-15-9-4-10-16-28/h2-17,19,25,29H,18,20-24H2,1H3,(H,32,34,35)/t25-,29+/m0/s1. The maximum atomic E-state index is 14.0. The first-order valence-corrected chi connectivity index (χ1v) is 15.2. The van der Waals surface area contributed by atoms with Gasteiger partial charge in [-0.25, -0.2) is 4.79 Å². The molecule has 4 rings (SSSR count). The Labute approximate surface area is 239 Å². The molecule has 2 atom stereocenters. The Morgan fingerprint density at radius 3 is 1.76 bits per heavy atom. The van der Waals surface area contributed by atoms with Gasteiger partial charge in [-0.05, 0) is 30.0 Å². The molecule has 1 aromatic heterocycles. The topological polar surface area (TPSA) is 109 Å². The summed E-state index contributed by atoms with van der Waals surface area (Å²) in [5.74, 6) is 0. The highest BCUT2D eigenvalue weighted by Gasteiger charge is 2.29. The molecule has 0 spiro atoms. The lowest BCUT2D eigenvalue weighted by atomic mass is 10.1. The first-order valence-electron chi connectivity index (χ1n) is 13.4. The zero-order valence-corrected chi connectivity index (χ0v) is 23.9. The lowest BCUT2D eigenvalue weighted by Crippen LogP contribution is -2.34. The van der Waals surface area contributed by atoms with Crippen LogP contribution in [0, 0.1) is 0 Å². The van der Waals surface area contributed by atoms with E-state index in [1.165, 1.54) is 16.8 Å². The van der Waals surface area contributed by atoms with Crippen LogP contribution in [0.25, 0.3) is 0 Å². The number of hydrogen-bond acceptors (Lipinski definition) is 7. The summed E-state index contributed by atoms with van der Waals surface area (Å²) >= 11 is 0. The Hall–Kier alpha value is -3.59. The van der Waals surface area contributed by atoms with Gasteiger partial charge in [0.2, 0.25) is 0 Å². The molecular formula is C31H35N2O7P. The molecule has 0 saturated carbocycles. The minimum absolute atomic E-state index is 0.0664. The Bertz CT molecular complexity index is 1450. The van der Waals surface area contributed by atoms with Gasteiger partial charge in [0.15, 0.2) is 0 Å². The summed E-state index contributed by atoms with van der Waals surface area (Å²) in [7, 11) is -3.58. The summed E-state index contributed by atoms with van der Waals surface area (Å²) < 4.78 is 39.3. The van der Waals surface area contributed by atoms with Crippen LogP contribution in [0.2, 0.25) is 0 Å². The second-order valence-corrected chi connectivity index (χ2v) is 11.7. The summed E-state index contributed by atoms with van der Waals surface area (Å²) in [6.07, 6.45) is 0.716. The molecule has 0 unspecified atom stereocenters. The number of aromatic amines is 1. The predicted molar refractivity (Wildman–Crippen MR) is 156 cm³/mol. The van der Waals surface area contributed by atoms with Crippen molar-refractivity contribution in [1.29, 1.82) is 0 Å². The molecule has 0 radical (unpaired) electrons. The highest BCUT2D eigenvalue weighted by atomic mass is 31.2. The van der Waals surface area contributed by atoms with Crippen molar-refractivity contribution in [3.05, 3.63) is 141 Å². The van der Waals surface area contributed by atoms with Gasteiger partial charge in [0.25, 0.3) is 5.56 Å². The number of rotatable bonds is 16. The minimum Gasteiger partial charge on any atom is -0.371 e. The molecule has 4 aromatic rings. The smallest absolute Gasteiger partial charge is 0.331 e. The average molecular weight is 579 g/mol. The van der Waals surface area contributed by atoms with Crippen LogP contribution in [0.3, 0.4) is 0 Å².